The molecule has 0 bridgehead atoms. The van der Waals surface area contributed by atoms with Gasteiger partial charge in [-0.25, -0.2) is 77.1 Å². The highest BCUT2D eigenvalue weighted by Crippen LogP contribution is 2.43. The van der Waals surface area contributed by atoms with Crippen molar-refractivity contribution >= 4 is 85.0 Å². The number of esters is 2. The zero-order valence-corrected chi connectivity index (χ0v) is 85.8. The lowest BCUT2D eigenvalue weighted by Crippen LogP contribution is -2.42. The van der Waals surface area contributed by atoms with Crippen LogP contribution in [0.3, 0.4) is 0 Å². The van der Waals surface area contributed by atoms with Crippen molar-refractivity contribution in [2.75, 3.05) is 53.6 Å². The monoisotopic (exact) mass is 2030 g/mol. The number of aliphatic imine (C=N–C) groups is 2. The molecule has 24 unspecified atom stereocenters. The van der Waals surface area contributed by atoms with Crippen LogP contribution in [0.5, 0.6) is 0 Å². The number of hydrogen-bond acceptors (Lipinski definition) is 28. The van der Waals surface area contributed by atoms with Crippen molar-refractivity contribution in [1.29, 1.82) is 0 Å². The average molecular weight is 2030 g/mol. The maximum absolute atomic E-state index is 12.7. The van der Waals surface area contributed by atoms with Gasteiger partial charge in [0, 0.05) is 72.6 Å². The van der Waals surface area contributed by atoms with Gasteiger partial charge in [-0.2, -0.15) is 0 Å². The highest BCUT2D eigenvalue weighted by atomic mass is 16.7. The van der Waals surface area contributed by atoms with E-state index in [1.165, 1.54) is 12.8 Å². The van der Waals surface area contributed by atoms with Gasteiger partial charge in [0.2, 0.25) is 39.3 Å². The third-order valence-corrected chi connectivity index (χ3v) is 32.1. The fraction of sp³-hybridized carbons (Fsp3) is 0.830. The van der Waals surface area contributed by atoms with E-state index in [2.05, 4.69) is 90.2 Å². The van der Waals surface area contributed by atoms with E-state index in [9.17, 15) is 67.1 Å². The molecule has 24 atom stereocenters. The van der Waals surface area contributed by atoms with Crippen molar-refractivity contribution in [3.05, 3.63) is 25.3 Å². The normalized spacial score (nSPS) is 30.4. The third kappa shape index (κ3) is 46.7. The van der Waals surface area contributed by atoms with Crippen LogP contribution in [0.1, 0.15) is 361 Å². The van der Waals surface area contributed by atoms with Gasteiger partial charge < -0.3 is 110 Å². The van der Waals surface area contributed by atoms with Gasteiger partial charge in [0.1, 0.15) is 26.4 Å². The Balaban J connectivity index is 0.000000231. The predicted molar refractivity (Wildman–Crippen MR) is 532 cm³/mol. The van der Waals surface area contributed by atoms with E-state index in [0.29, 0.717) is 71.0 Å². The minimum Gasteiger partial charge on any atom is -0.459 e. The standard InChI is InChI=1S/C47H74N6O10.C30H49N3O8.C29H47N3O8/c54-28-48-38-13-1-7-32(22-38)19-34-9-3-15-40(24-34)50-44(56)60-30-62-46(58)52-42-17-5-11-36(26-42)21-37-12-6-18-43(27-37)53-47(59)63-31-61-45(57)51-41-16-4-10-35(25-41)20-33-8-2-14-39(23-33)49-29-55;1-3-21-8-5-11-24(17-21)32-29(36)40-20-41-30(37)33-26-13-7-10-23(19-26)16-22-9-6-12-25(18-22)31-28(35)39-15-14-38-27(34)4-2;1-3-26(33)37-13-14-38-27(34)31-24-11-5-8-21(17-24)16-22-9-6-12-25(18-22)32-29(36)40-19-39-28(35)30-23-10-4-7-20(2)15-23/h32-43H,1-27,30-31H2,(H,50,56)(H,51,57)(H,52,58)(H,53,59);4,21-26H,2-3,5-20H2,1H3,(H,31,35)(H,32,36)(H,33,37);3,20-25H,1,4-19H2,2H3,(H,30,35)(H,31,34)(H,32,36). The fourth-order valence-electron chi connectivity index (χ4n) is 25.4. The number of alkyl carbamates (subject to hydrolysis) is 10. The molecule has 0 radical (unpaired) electrons. The molecule has 0 saturated heterocycles. The summed E-state index contributed by atoms with van der Waals surface area (Å²) in [6.07, 6.45) is 54.6. The van der Waals surface area contributed by atoms with Crippen molar-refractivity contribution in [2.24, 2.45) is 81.0 Å². The van der Waals surface area contributed by atoms with Crippen LogP contribution >= 0.6 is 0 Å². The number of amides is 10. The zero-order valence-electron chi connectivity index (χ0n) is 85.8. The van der Waals surface area contributed by atoms with E-state index >= 15 is 0 Å². The second-order valence-corrected chi connectivity index (χ2v) is 43.3. The van der Waals surface area contributed by atoms with Crippen LogP contribution in [-0.2, 0) is 76.0 Å². The Bertz CT molecular complexity index is 3950. The molecule has 0 spiro atoms. The molecule has 12 fully saturated rings. The van der Waals surface area contributed by atoms with Crippen molar-refractivity contribution in [3.8, 4) is 0 Å². The average Bonchev–Trinajstić information content (AvgIpc) is 0.868. The number of isocyanates is 2. The highest BCUT2D eigenvalue weighted by molar-refractivity contribution is 5.81. The molecule has 12 aliphatic rings. The third-order valence-electron chi connectivity index (χ3n) is 32.1. The molecule has 38 heteroatoms. The lowest BCUT2D eigenvalue weighted by molar-refractivity contribution is -0.139. The summed E-state index contributed by atoms with van der Waals surface area (Å²) in [5, 5.41) is 29.4. The summed E-state index contributed by atoms with van der Waals surface area (Å²) in [6, 6.07) is 0.661. The first kappa shape index (κ1) is 116. The number of hydrogen-bond donors (Lipinski definition) is 10. The SMILES string of the molecule is C=CC(=O)OCCOC(=O)NC1CCCC(CC2CCCC(NC(=O)OCOC(=O)NC3CCCC(C)C3)C2)C1.C=CC(=O)OCCOC(=O)NC1CCCC(CC2CCCC(NC(=O)OCOC(=O)NC3CCCC(CC)C3)C2)C1.O=C=NC1CCCC(CC2CCCC(NC(=O)OCOC(=O)NC3CCCC(CC4CCCC(NC(=O)OCOC(=O)NC5CCCC(CC6CCCC(N=C=O)C6)C5)C4)C3)C2)C1. The number of carbonyl (C=O) groups is 12. The smallest absolute Gasteiger partial charge is 0.410 e. The van der Waals surface area contributed by atoms with Crippen molar-refractivity contribution in [3.63, 3.8) is 0 Å². The second-order valence-electron chi connectivity index (χ2n) is 43.3. The highest BCUT2D eigenvalue weighted by Gasteiger charge is 2.38. The van der Waals surface area contributed by atoms with Gasteiger partial charge in [0.15, 0.2) is 0 Å². The first-order chi connectivity index (χ1) is 69.8. The van der Waals surface area contributed by atoms with Crippen LogP contribution in [-0.4, -0.2) is 211 Å². The number of ether oxygens (including phenoxy) is 12. The van der Waals surface area contributed by atoms with Crippen LogP contribution in [0.2, 0.25) is 0 Å². The quantitative estimate of drug-likeness (QED) is 0.00520. The van der Waals surface area contributed by atoms with Gasteiger partial charge in [-0.1, -0.05) is 188 Å². The van der Waals surface area contributed by atoms with Gasteiger partial charge in [0.25, 0.3) is 0 Å². The summed E-state index contributed by atoms with van der Waals surface area (Å²) in [7, 11) is 0. The molecule has 0 aliphatic heterocycles. The summed E-state index contributed by atoms with van der Waals surface area (Å²) in [5.74, 6) is 5.16. The minimum atomic E-state index is -0.590. The number of carbonyl (C=O) groups excluding carboxylic acids is 14. The Labute approximate surface area is 851 Å². The molecule has 10 N–H and O–H groups in total. The number of nitrogens with one attached hydrogen (secondary N) is 10. The van der Waals surface area contributed by atoms with Crippen LogP contribution in [0, 0.1) is 71.0 Å². The van der Waals surface area contributed by atoms with Crippen LogP contribution < -0.4 is 53.2 Å². The van der Waals surface area contributed by atoms with Gasteiger partial charge in [-0.15, -0.1) is 0 Å². The Hall–Kier alpha value is -10.1. The Morgan fingerprint density at radius 1 is 0.243 bits per heavy atom. The molecule has 0 heterocycles. The van der Waals surface area contributed by atoms with Crippen molar-refractivity contribution in [1.82, 2.24) is 53.2 Å². The summed E-state index contributed by atoms with van der Waals surface area (Å²) in [5.41, 5.74) is 0. The first-order valence-corrected chi connectivity index (χ1v) is 54.9. The zero-order chi connectivity index (χ0) is 102. The summed E-state index contributed by atoms with van der Waals surface area (Å²) in [4.78, 5) is 175. The van der Waals surface area contributed by atoms with Crippen LogP contribution in [0.25, 0.3) is 0 Å². The van der Waals surface area contributed by atoms with Crippen molar-refractivity contribution in [2.45, 2.75) is 433 Å². The summed E-state index contributed by atoms with van der Waals surface area (Å²) < 4.78 is 61.1. The van der Waals surface area contributed by atoms with Crippen LogP contribution in [0.15, 0.2) is 35.3 Å². The Morgan fingerprint density at radius 2 is 0.424 bits per heavy atom. The molecule has 12 rings (SSSR count). The molecule has 810 valence electrons. The second kappa shape index (κ2) is 65.5. The van der Waals surface area contributed by atoms with E-state index in [0.717, 1.165) is 346 Å². The molecule has 38 nitrogen and oxygen atoms in total. The fourth-order valence-corrected chi connectivity index (χ4v) is 25.4. The lowest BCUT2D eigenvalue weighted by atomic mass is 9.75. The van der Waals surface area contributed by atoms with E-state index < -0.39 is 100 Å². The summed E-state index contributed by atoms with van der Waals surface area (Å²) >= 11 is 0. The number of rotatable bonds is 39. The van der Waals surface area contributed by atoms with Crippen LogP contribution in [0.4, 0.5) is 47.9 Å². The molecule has 0 aromatic rings. The van der Waals surface area contributed by atoms with Gasteiger partial charge in [0.05, 0.1) is 12.1 Å². The molecule has 0 aromatic carbocycles. The molecule has 10 amide bonds. The van der Waals surface area contributed by atoms with Gasteiger partial charge >= 0.3 is 72.9 Å². The topological polar surface area (TPSA) is 495 Å². The van der Waals surface area contributed by atoms with E-state index in [1.54, 1.807) is 12.2 Å². The molecular weight excluding hydrogens is 1860 g/mol. The molecule has 12 saturated carbocycles. The summed E-state index contributed by atoms with van der Waals surface area (Å²) in [6.45, 7) is 9.27. The van der Waals surface area contributed by atoms with Gasteiger partial charge in [-0.3, -0.25) is 0 Å². The Morgan fingerprint density at radius 3 is 0.632 bits per heavy atom. The van der Waals surface area contributed by atoms with Crippen molar-refractivity contribution < 1.29 is 124 Å². The minimum absolute atomic E-state index is 0.000323. The Kier molecular flexibility index (Phi) is 52.6. The van der Waals surface area contributed by atoms with E-state index in [-0.39, 0.29) is 98.9 Å². The lowest BCUT2D eigenvalue weighted by Gasteiger charge is -2.35. The molecular formula is C106H170N12O26. The molecule has 144 heavy (non-hydrogen) atoms. The van der Waals surface area contributed by atoms with E-state index in [1.807, 2.05) is 0 Å². The maximum Gasteiger partial charge on any atom is 0.410 e. The van der Waals surface area contributed by atoms with E-state index in [4.69, 9.17) is 56.8 Å². The largest absolute Gasteiger partial charge is 0.459 e. The molecule has 12 aliphatic carbocycles. The number of nitrogens with zero attached hydrogens (tertiary/aromatic N) is 2. The first-order valence-electron chi connectivity index (χ1n) is 54.9. The molecule has 0 aromatic heterocycles. The predicted octanol–water partition coefficient (Wildman–Crippen LogP) is 19.3. The maximum atomic E-state index is 12.7. The van der Waals surface area contributed by atoms with Gasteiger partial charge in [-0.05, 0) is 257 Å².